The van der Waals surface area contributed by atoms with Crippen LogP contribution in [-0.2, 0) is 9.53 Å². The molecular weight excluding hydrogens is 286 g/mol. The number of alkyl halides is 2. The van der Waals surface area contributed by atoms with Gasteiger partial charge in [0, 0.05) is 19.2 Å². The Morgan fingerprint density at radius 3 is 2.71 bits per heavy atom. The standard InChI is InChI=1S/C13H18F2N2O4/c1-3-20-12(18)13(14,15)21-9-4-5-10(17-7-6-16)11(8-9)19-2/h4-5,8,17H,3,6-7,16H2,1-2H3. The number of anilines is 1. The third kappa shape index (κ3) is 4.75. The minimum atomic E-state index is -4.06. The summed E-state index contributed by atoms with van der Waals surface area (Å²) in [5, 5.41) is 2.96. The van der Waals surface area contributed by atoms with Gasteiger partial charge in [-0.1, -0.05) is 0 Å². The summed E-state index contributed by atoms with van der Waals surface area (Å²) in [7, 11) is 1.39. The number of ether oxygens (including phenoxy) is 3. The summed E-state index contributed by atoms with van der Waals surface area (Å²) in [5.41, 5.74) is 5.94. The maximum Gasteiger partial charge on any atom is 0.502 e. The molecule has 0 heterocycles. The molecule has 1 aromatic rings. The number of rotatable bonds is 8. The molecule has 0 aliphatic carbocycles. The van der Waals surface area contributed by atoms with Crippen molar-refractivity contribution in [1.29, 1.82) is 0 Å². The summed E-state index contributed by atoms with van der Waals surface area (Å²) in [6.07, 6.45) is -4.06. The van der Waals surface area contributed by atoms with Gasteiger partial charge in [-0.25, -0.2) is 4.79 Å². The Bertz CT molecular complexity index is 483. The third-order valence-corrected chi connectivity index (χ3v) is 2.39. The molecule has 118 valence electrons. The molecule has 0 atom stereocenters. The molecule has 1 rings (SSSR count). The number of hydrogen-bond acceptors (Lipinski definition) is 6. The van der Waals surface area contributed by atoms with Gasteiger partial charge in [-0.2, -0.15) is 8.78 Å². The molecule has 0 saturated carbocycles. The molecule has 0 aliphatic heterocycles. The molecule has 0 aliphatic rings. The van der Waals surface area contributed by atoms with Gasteiger partial charge >= 0.3 is 12.1 Å². The van der Waals surface area contributed by atoms with Crippen LogP contribution in [0, 0.1) is 0 Å². The highest BCUT2D eigenvalue weighted by atomic mass is 19.3. The molecule has 0 amide bonds. The van der Waals surface area contributed by atoms with Crippen LogP contribution in [0.25, 0.3) is 0 Å². The number of methoxy groups -OCH3 is 1. The van der Waals surface area contributed by atoms with Gasteiger partial charge in [0.1, 0.15) is 11.5 Å². The predicted molar refractivity (Wildman–Crippen MR) is 72.7 cm³/mol. The van der Waals surface area contributed by atoms with Crippen LogP contribution in [0.1, 0.15) is 6.92 Å². The number of halogens is 2. The lowest BCUT2D eigenvalue weighted by Gasteiger charge is -2.17. The molecule has 0 saturated heterocycles. The SMILES string of the molecule is CCOC(=O)C(F)(F)Oc1ccc(NCCN)c(OC)c1. The first-order chi connectivity index (χ1) is 9.94. The van der Waals surface area contributed by atoms with Gasteiger partial charge in [-0.15, -0.1) is 0 Å². The van der Waals surface area contributed by atoms with E-state index in [0.717, 1.165) is 0 Å². The minimum absolute atomic E-state index is 0.164. The van der Waals surface area contributed by atoms with Crippen LogP contribution in [0.15, 0.2) is 18.2 Å². The Labute approximate surface area is 121 Å². The Balaban J connectivity index is 2.87. The third-order valence-electron chi connectivity index (χ3n) is 2.39. The molecule has 0 unspecified atom stereocenters. The van der Waals surface area contributed by atoms with E-state index in [4.69, 9.17) is 10.5 Å². The van der Waals surface area contributed by atoms with Gasteiger partial charge in [0.25, 0.3) is 0 Å². The van der Waals surface area contributed by atoms with Crippen LogP contribution >= 0.6 is 0 Å². The van der Waals surface area contributed by atoms with Crippen LogP contribution < -0.4 is 20.5 Å². The first-order valence-electron chi connectivity index (χ1n) is 6.30. The van der Waals surface area contributed by atoms with Crippen LogP contribution in [0.4, 0.5) is 14.5 Å². The second-order valence-electron chi connectivity index (χ2n) is 3.92. The predicted octanol–water partition coefficient (Wildman–Crippen LogP) is 1.60. The first-order valence-corrected chi connectivity index (χ1v) is 6.30. The molecular formula is C13H18F2N2O4. The van der Waals surface area contributed by atoms with Crippen LogP contribution in [0.3, 0.4) is 0 Å². The quantitative estimate of drug-likeness (QED) is 0.710. The van der Waals surface area contributed by atoms with Crippen LogP contribution in [-0.4, -0.2) is 38.9 Å². The number of benzene rings is 1. The molecule has 0 radical (unpaired) electrons. The largest absolute Gasteiger partial charge is 0.502 e. The second kappa shape index (κ2) is 7.63. The molecule has 0 bridgehead atoms. The van der Waals surface area contributed by atoms with E-state index in [1.807, 2.05) is 0 Å². The number of carbonyl (C=O) groups excluding carboxylic acids is 1. The number of esters is 1. The average molecular weight is 304 g/mol. The molecule has 1 aromatic carbocycles. The fourth-order valence-electron chi connectivity index (χ4n) is 1.49. The minimum Gasteiger partial charge on any atom is -0.494 e. The van der Waals surface area contributed by atoms with Crippen molar-refractivity contribution in [1.82, 2.24) is 0 Å². The number of carbonyl (C=O) groups is 1. The maximum atomic E-state index is 13.5. The van der Waals surface area contributed by atoms with Gasteiger partial charge in [0.2, 0.25) is 0 Å². The molecule has 21 heavy (non-hydrogen) atoms. The summed E-state index contributed by atoms with van der Waals surface area (Å²) < 4.78 is 40.6. The summed E-state index contributed by atoms with van der Waals surface area (Å²) in [6.45, 7) is 2.16. The zero-order chi connectivity index (χ0) is 15.9. The van der Waals surface area contributed by atoms with Gasteiger partial charge in [-0.3, -0.25) is 0 Å². The van der Waals surface area contributed by atoms with E-state index in [1.165, 1.54) is 32.2 Å². The number of hydrogen-bond donors (Lipinski definition) is 2. The van der Waals surface area contributed by atoms with E-state index in [9.17, 15) is 13.6 Å². The molecule has 3 N–H and O–H groups in total. The Hall–Kier alpha value is -2.09. The van der Waals surface area contributed by atoms with Crippen molar-refractivity contribution in [3.63, 3.8) is 0 Å². The fourth-order valence-corrected chi connectivity index (χ4v) is 1.49. The Morgan fingerprint density at radius 2 is 2.14 bits per heavy atom. The zero-order valence-electron chi connectivity index (χ0n) is 11.8. The van der Waals surface area contributed by atoms with Crippen molar-refractivity contribution >= 4 is 11.7 Å². The lowest BCUT2D eigenvalue weighted by atomic mass is 10.2. The topological polar surface area (TPSA) is 82.8 Å². The molecule has 8 heteroatoms. The van der Waals surface area contributed by atoms with Crippen molar-refractivity contribution in [2.75, 3.05) is 32.1 Å². The van der Waals surface area contributed by atoms with E-state index in [2.05, 4.69) is 14.8 Å². The second-order valence-corrected chi connectivity index (χ2v) is 3.92. The monoisotopic (exact) mass is 304 g/mol. The Kier molecular flexibility index (Phi) is 6.16. The van der Waals surface area contributed by atoms with Crippen molar-refractivity contribution in [2.45, 2.75) is 13.0 Å². The van der Waals surface area contributed by atoms with E-state index in [1.54, 1.807) is 0 Å². The molecule has 0 aromatic heterocycles. The molecule has 0 fully saturated rings. The van der Waals surface area contributed by atoms with E-state index < -0.39 is 12.1 Å². The van der Waals surface area contributed by atoms with Crippen molar-refractivity contribution in [2.24, 2.45) is 5.73 Å². The van der Waals surface area contributed by atoms with Crippen molar-refractivity contribution in [3.05, 3.63) is 18.2 Å². The fraction of sp³-hybridized carbons (Fsp3) is 0.462. The van der Waals surface area contributed by atoms with Crippen molar-refractivity contribution in [3.8, 4) is 11.5 Å². The van der Waals surface area contributed by atoms with E-state index >= 15 is 0 Å². The molecule has 0 spiro atoms. The normalized spacial score (nSPS) is 10.9. The van der Waals surface area contributed by atoms with E-state index in [0.29, 0.717) is 24.5 Å². The maximum absolute atomic E-state index is 13.5. The highest BCUT2D eigenvalue weighted by Crippen LogP contribution is 2.32. The molecule has 6 nitrogen and oxygen atoms in total. The highest BCUT2D eigenvalue weighted by molar-refractivity contribution is 5.76. The Morgan fingerprint density at radius 1 is 1.43 bits per heavy atom. The summed E-state index contributed by atoms with van der Waals surface area (Å²) in [6, 6.07) is 4.02. The number of nitrogens with two attached hydrogens (primary N) is 1. The summed E-state index contributed by atoms with van der Waals surface area (Å²) >= 11 is 0. The van der Waals surface area contributed by atoms with Gasteiger partial charge in [-0.05, 0) is 19.1 Å². The van der Waals surface area contributed by atoms with Gasteiger partial charge in [0.15, 0.2) is 0 Å². The summed E-state index contributed by atoms with van der Waals surface area (Å²) in [4.78, 5) is 11.1. The van der Waals surface area contributed by atoms with E-state index in [-0.39, 0.29) is 12.4 Å². The average Bonchev–Trinajstić information content (AvgIpc) is 2.45. The summed E-state index contributed by atoms with van der Waals surface area (Å²) in [5.74, 6) is -1.67. The zero-order valence-corrected chi connectivity index (χ0v) is 11.8. The number of nitrogens with one attached hydrogen (secondary N) is 1. The van der Waals surface area contributed by atoms with Crippen molar-refractivity contribution < 1.29 is 27.8 Å². The van der Waals surface area contributed by atoms with Crippen LogP contribution in [0.5, 0.6) is 11.5 Å². The smallest absolute Gasteiger partial charge is 0.494 e. The lowest BCUT2D eigenvalue weighted by Crippen LogP contribution is -2.36. The highest BCUT2D eigenvalue weighted by Gasteiger charge is 2.44. The van der Waals surface area contributed by atoms with Crippen LogP contribution in [0.2, 0.25) is 0 Å². The first kappa shape index (κ1) is 17.0. The lowest BCUT2D eigenvalue weighted by molar-refractivity contribution is -0.216. The van der Waals surface area contributed by atoms with Gasteiger partial charge in [0.05, 0.1) is 19.4 Å². The van der Waals surface area contributed by atoms with Gasteiger partial charge < -0.3 is 25.3 Å².